The highest BCUT2D eigenvalue weighted by Crippen LogP contribution is 2.38. The molecule has 5 aromatic carbocycles. The van der Waals surface area contributed by atoms with Gasteiger partial charge in [-0.1, -0.05) is 122 Å². The normalized spacial score (nSPS) is 13.5. The molecule has 0 fully saturated rings. The molecule has 0 aliphatic heterocycles. The number of hydrogen-bond donors (Lipinski definition) is 0. The van der Waals surface area contributed by atoms with Crippen LogP contribution in [0.3, 0.4) is 0 Å². The summed E-state index contributed by atoms with van der Waals surface area (Å²) in [6, 6.07) is 45.1. The number of benzene rings is 5. The van der Waals surface area contributed by atoms with E-state index < -0.39 is 12.3 Å². The average Bonchev–Trinajstić information content (AvgIpc) is 3.79. The van der Waals surface area contributed by atoms with Crippen LogP contribution in [-0.4, -0.2) is 19.1 Å². The molecule has 0 amide bonds. The van der Waals surface area contributed by atoms with Gasteiger partial charge in [0.2, 0.25) is 0 Å². The molecule has 0 N–H and O–H groups in total. The molecule has 9 aromatic rings. The van der Waals surface area contributed by atoms with E-state index in [1.54, 1.807) is 38.4 Å². The van der Waals surface area contributed by atoms with Crippen LogP contribution in [-0.2, 0) is 17.2 Å². The number of imidazole rings is 1. The van der Waals surface area contributed by atoms with Gasteiger partial charge in [0.05, 0.1) is 27.8 Å². The third-order valence-corrected chi connectivity index (χ3v) is 10.9. The molecule has 0 atom stereocenters. The summed E-state index contributed by atoms with van der Waals surface area (Å²) in [6.45, 7) is 16.7. The summed E-state index contributed by atoms with van der Waals surface area (Å²) < 4.78 is 39.2. The summed E-state index contributed by atoms with van der Waals surface area (Å²) in [4.78, 5) is 9.59. The summed E-state index contributed by atoms with van der Waals surface area (Å²) >= 11 is 0. The summed E-state index contributed by atoms with van der Waals surface area (Å²) in [5.74, 6) is 1.07. The van der Waals surface area contributed by atoms with E-state index in [9.17, 15) is 0 Å². The van der Waals surface area contributed by atoms with Crippen LogP contribution in [0, 0.1) is 12.2 Å². The standard InChI is InChI=1S/C53H51N5O/c1-35(2)26-36-22-24-55-51(27-36)58-46-21-18-38(37-14-10-9-11-15-37)28-45(46)44-20-19-42(32-49(44)58)59-43-23-25-54-50(33-43)57-34-56(47-16-12-13-17-48(47)57)41-30-39(52(3,4)5)29-40(31-41)53(6,7)8/h9-25,27-33,35H,26H2,1-8H3/i26D2,35D. The zero-order chi connectivity index (χ0) is 43.8. The molecule has 59 heavy (non-hydrogen) atoms. The van der Waals surface area contributed by atoms with E-state index >= 15 is 0 Å². The molecule has 4 heterocycles. The van der Waals surface area contributed by atoms with Crippen LogP contribution in [0.5, 0.6) is 11.5 Å². The van der Waals surface area contributed by atoms with E-state index in [0.29, 0.717) is 28.7 Å². The third-order valence-electron chi connectivity index (χ3n) is 10.9. The Morgan fingerprint density at radius 3 is 2.08 bits per heavy atom. The lowest BCUT2D eigenvalue weighted by molar-refractivity contribution is -0.572. The lowest BCUT2D eigenvalue weighted by Gasteiger charge is -2.26. The molecule has 0 radical (unpaired) electrons. The van der Waals surface area contributed by atoms with Gasteiger partial charge in [0, 0.05) is 39.4 Å². The van der Waals surface area contributed by atoms with Crippen molar-refractivity contribution in [2.45, 2.75) is 72.6 Å². The Labute approximate surface area is 351 Å². The van der Waals surface area contributed by atoms with Crippen molar-refractivity contribution in [3.8, 4) is 39.9 Å². The highest BCUT2D eigenvalue weighted by Gasteiger charge is 2.23. The third kappa shape index (κ3) is 7.40. The second-order valence-corrected chi connectivity index (χ2v) is 17.6. The molecule has 0 bridgehead atoms. The van der Waals surface area contributed by atoms with Crippen molar-refractivity contribution in [1.82, 2.24) is 19.1 Å². The highest BCUT2D eigenvalue weighted by atomic mass is 16.5. The van der Waals surface area contributed by atoms with Crippen molar-refractivity contribution in [1.29, 1.82) is 0 Å². The van der Waals surface area contributed by atoms with Gasteiger partial charge in [-0.2, -0.15) is 0 Å². The number of hydrogen-bond acceptors (Lipinski definition) is 3. The van der Waals surface area contributed by atoms with Crippen LogP contribution in [0.25, 0.3) is 61.3 Å². The largest absolute Gasteiger partial charge is 0.458 e. The summed E-state index contributed by atoms with van der Waals surface area (Å²) in [5, 5.41) is 2.03. The predicted octanol–water partition coefficient (Wildman–Crippen LogP) is 12.8. The lowest BCUT2D eigenvalue weighted by atomic mass is 9.80. The monoisotopic (exact) mass is 776 g/mol. The Hall–Kier alpha value is -6.53. The molecule has 6 nitrogen and oxygen atoms in total. The van der Waals surface area contributed by atoms with E-state index in [0.717, 1.165) is 49.7 Å². The van der Waals surface area contributed by atoms with Gasteiger partial charge in [0.25, 0.3) is 6.33 Å². The molecule has 0 saturated heterocycles. The lowest BCUT2D eigenvalue weighted by Crippen LogP contribution is -2.31. The van der Waals surface area contributed by atoms with Crippen LogP contribution in [0.15, 0.2) is 146 Å². The van der Waals surface area contributed by atoms with Gasteiger partial charge in [-0.25, -0.2) is 4.98 Å². The number of fused-ring (bicyclic) bond motifs is 4. The first-order valence-corrected chi connectivity index (χ1v) is 20.2. The maximum Gasteiger partial charge on any atom is 0.271 e. The Balaban J connectivity index is 1.15. The summed E-state index contributed by atoms with van der Waals surface area (Å²) in [7, 11) is 0. The predicted molar refractivity (Wildman–Crippen MR) is 241 cm³/mol. The zero-order valence-corrected chi connectivity index (χ0v) is 35.0. The van der Waals surface area contributed by atoms with Gasteiger partial charge >= 0.3 is 0 Å². The fourth-order valence-corrected chi connectivity index (χ4v) is 7.78. The summed E-state index contributed by atoms with van der Waals surface area (Å²) in [5.41, 5.74) is 9.83. The minimum absolute atomic E-state index is 0.0413. The van der Waals surface area contributed by atoms with E-state index in [1.165, 1.54) is 11.1 Å². The van der Waals surface area contributed by atoms with Gasteiger partial charge in [0.1, 0.15) is 17.3 Å². The molecule has 0 saturated carbocycles. The van der Waals surface area contributed by atoms with Gasteiger partial charge in [-0.15, -0.1) is 0 Å². The van der Waals surface area contributed by atoms with Crippen LogP contribution >= 0.6 is 0 Å². The molecular formula is C53H51N5O. The zero-order valence-electron chi connectivity index (χ0n) is 38.0. The topological polar surface area (TPSA) is 48.8 Å². The van der Waals surface area contributed by atoms with E-state index in [-0.39, 0.29) is 10.8 Å². The molecule has 0 spiro atoms. The Morgan fingerprint density at radius 1 is 0.644 bits per heavy atom. The van der Waals surface area contributed by atoms with Gasteiger partial charge in [0.15, 0.2) is 5.82 Å². The van der Waals surface area contributed by atoms with Crippen molar-refractivity contribution in [3.05, 3.63) is 169 Å². The first-order chi connectivity index (χ1) is 29.4. The van der Waals surface area contributed by atoms with Crippen LogP contribution in [0.4, 0.5) is 0 Å². The Kier molecular flexibility index (Phi) is 8.59. The molecule has 0 unspecified atom stereocenters. The van der Waals surface area contributed by atoms with Crippen LogP contribution in [0.1, 0.15) is 76.2 Å². The first kappa shape index (κ1) is 34.5. The Morgan fingerprint density at radius 2 is 1.34 bits per heavy atom. The van der Waals surface area contributed by atoms with Crippen LogP contribution in [0.2, 0.25) is 0 Å². The van der Waals surface area contributed by atoms with E-state index in [4.69, 9.17) is 18.8 Å². The average molecular weight is 777 g/mol. The number of nitrogens with zero attached hydrogens (tertiary/aromatic N) is 5. The molecule has 294 valence electrons. The summed E-state index contributed by atoms with van der Waals surface area (Å²) in [6.07, 6.45) is 5.10. The smallest absolute Gasteiger partial charge is 0.271 e. The molecule has 9 rings (SSSR count). The number of rotatable bonds is 8. The van der Waals surface area contributed by atoms with Crippen molar-refractivity contribution >= 4 is 32.8 Å². The van der Waals surface area contributed by atoms with Crippen LogP contribution < -0.4 is 9.30 Å². The highest BCUT2D eigenvalue weighted by molar-refractivity contribution is 6.10. The molecule has 0 aliphatic carbocycles. The molecule has 6 heteroatoms. The van der Waals surface area contributed by atoms with Gasteiger partial charge in [-0.05, 0) is 106 Å². The fourth-order valence-electron chi connectivity index (χ4n) is 7.78. The minimum Gasteiger partial charge on any atom is -0.458 e. The number of aromatic nitrogens is 5. The van der Waals surface area contributed by atoms with Crippen molar-refractivity contribution < 1.29 is 13.4 Å². The molecule has 4 aromatic heterocycles. The number of para-hydroxylation sites is 2. The van der Waals surface area contributed by atoms with E-state index in [2.05, 4.69) is 130 Å². The van der Waals surface area contributed by atoms with Crippen molar-refractivity contribution in [2.24, 2.45) is 5.89 Å². The maximum atomic E-state index is 8.89. The SMILES string of the molecule is [2H]C(C)(C)C([2H])([2H])c1ccnc(-n2c3ccc(-c4ccccc4)cc3c3ccc(Oc4ccnc(-n5[c-][n+](-c6cc(C(C)(C)C)cc(C(C)(C)C)c6)c6ccccc65)c4)cc32)c1. The number of ether oxygens (including phenoxy) is 1. The van der Waals surface area contributed by atoms with Crippen molar-refractivity contribution in [2.75, 3.05) is 0 Å². The molecule has 0 aliphatic rings. The van der Waals surface area contributed by atoms with Gasteiger partial charge < -0.3 is 4.74 Å². The number of pyridine rings is 2. The Bertz CT molecular complexity index is 3110. The van der Waals surface area contributed by atoms with E-state index in [1.807, 2.05) is 53.1 Å². The van der Waals surface area contributed by atoms with Gasteiger partial charge in [-0.3, -0.25) is 18.7 Å². The maximum absolute atomic E-state index is 8.89. The molecular weight excluding hydrogens is 723 g/mol. The minimum atomic E-state index is -1.93. The fraction of sp³-hybridized carbons (Fsp3) is 0.226. The second-order valence-electron chi connectivity index (χ2n) is 17.6. The van der Waals surface area contributed by atoms with Crippen molar-refractivity contribution in [3.63, 3.8) is 0 Å². The second kappa shape index (κ2) is 14.7. The quantitative estimate of drug-likeness (QED) is 0.114. The first-order valence-electron chi connectivity index (χ1n) is 21.7.